The Bertz CT molecular complexity index is 1660. The van der Waals surface area contributed by atoms with E-state index in [1.807, 2.05) is 13.8 Å². The number of hydrogen-bond donors (Lipinski definition) is 2. The van der Waals surface area contributed by atoms with Crippen molar-refractivity contribution in [2.45, 2.75) is 13.8 Å². The summed E-state index contributed by atoms with van der Waals surface area (Å²) in [5.74, 6) is -0.226. The summed E-state index contributed by atoms with van der Waals surface area (Å²) in [6.07, 6.45) is 0. The van der Waals surface area contributed by atoms with Crippen LogP contribution in [0.15, 0.2) is 111 Å². The molecule has 2 N–H and O–H groups in total. The van der Waals surface area contributed by atoms with Crippen LogP contribution in [0.3, 0.4) is 0 Å². The lowest BCUT2D eigenvalue weighted by molar-refractivity contribution is -0.384. The zero-order valence-corrected chi connectivity index (χ0v) is 20.9. The molecule has 0 saturated carbocycles. The highest BCUT2D eigenvalue weighted by molar-refractivity contribution is 5.90. The standard InChI is InChI=1S/C28H22N6O5/c1-17(19-11-13-27(35)24(15-19)31-29-21-7-3-4-8-22(21)33-37)18(2)20-12-14-28(36)25(16-20)32-30-23-9-5-6-10-26(23)34(38)39/h3-16,35-36H,1-2H3/b18-17+,31-29?,32-30?. The third-order valence-electron chi connectivity index (χ3n) is 5.97. The van der Waals surface area contributed by atoms with Crippen LogP contribution in [0.4, 0.5) is 34.1 Å². The SMILES string of the molecule is C/C(=C(/C)c1ccc(O)c(N=Nc2ccccc2[N+](=O)[O-])c1)c1ccc(O)c(N=Nc2ccccc2N=O)c1. The molecule has 0 heterocycles. The molecule has 0 aliphatic carbocycles. The number of azo groups is 2. The lowest BCUT2D eigenvalue weighted by Crippen LogP contribution is -1.88. The van der Waals surface area contributed by atoms with E-state index in [2.05, 4.69) is 25.6 Å². The van der Waals surface area contributed by atoms with E-state index in [0.717, 1.165) is 22.3 Å². The first-order valence-corrected chi connectivity index (χ1v) is 11.6. The fraction of sp³-hybridized carbons (Fsp3) is 0.0714. The minimum atomic E-state index is -0.551. The second-order valence-corrected chi connectivity index (χ2v) is 8.38. The van der Waals surface area contributed by atoms with E-state index in [0.29, 0.717) is 0 Å². The molecule has 194 valence electrons. The first-order chi connectivity index (χ1) is 18.8. The van der Waals surface area contributed by atoms with Gasteiger partial charge in [-0.15, -0.1) is 25.4 Å². The Balaban J connectivity index is 1.66. The number of hydrogen-bond acceptors (Lipinski definition) is 10. The fourth-order valence-corrected chi connectivity index (χ4v) is 3.65. The van der Waals surface area contributed by atoms with Crippen LogP contribution in [0.25, 0.3) is 11.1 Å². The summed E-state index contributed by atoms with van der Waals surface area (Å²) in [5.41, 5.74) is 3.75. The summed E-state index contributed by atoms with van der Waals surface area (Å²) < 4.78 is 0. The molecule has 0 radical (unpaired) electrons. The number of nitro benzene ring substituents is 1. The number of phenols is 2. The van der Waals surface area contributed by atoms with E-state index >= 15 is 0 Å². The van der Waals surface area contributed by atoms with Crippen LogP contribution >= 0.6 is 0 Å². The smallest absolute Gasteiger partial charge is 0.296 e. The van der Waals surface area contributed by atoms with Crippen LogP contribution in [0.1, 0.15) is 25.0 Å². The van der Waals surface area contributed by atoms with Crippen molar-refractivity contribution in [3.05, 3.63) is 111 Å². The van der Waals surface area contributed by atoms with Crippen molar-refractivity contribution in [1.82, 2.24) is 0 Å². The lowest BCUT2D eigenvalue weighted by Gasteiger charge is -2.11. The number of para-hydroxylation sites is 1. The maximum atomic E-state index is 11.2. The average Bonchev–Trinajstić information content (AvgIpc) is 2.95. The summed E-state index contributed by atoms with van der Waals surface area (Å²) >= 11 is 0. The zero-order chi connectivity index (χ0) is 27.9. The van der Waals surface area contributed by atoms with Gasteiger partial charge in [-0.2, -0.15) is 0 Å². The molecule has 0 bridgehead atoms. The monoisotopic (exact) mass is 522 g/mol. The topological polar surface area (TPSA) is 162 Å². The fourth-order valence-electron chi connectivity index (χ4n) is 3.65. The third kappa shape index (κ3) is 6.05. The molecule has 4 aromatic carbocycles. The van der Waals surface area contributed by atoms with Gasteiger partial charge < -0.3 is 10.2 Å². The number of nitrogens with zero attached hydrogens (tertiary/aromatic N) is 6. The van der Waals surface area contributed by atoms with Gasteiger partial charge in [0.15, 0.2) is 5.69 Å². The highest BCUT2D eigenvalue weighted by Gasteiger charge is 2.13. The van der Waals surface area contributed by atoms with Gasteiger partial charge in [-0.05, 0) is 83.8 Å². The first kappa shape index (κ1) is 26.5. The summed E-state index contributed by atoms with van der Waals surface area (Å²) in [7, 11) is 0. The number of aromatic hydroxyl groups is 2. The van der Waals surface area contributed by atoms with Crippen LogP contribution in [0.2, 0.25) is 0 Å². The Kier molecular flexibility index (Phi) is 7.91. The molecule has 11 nitrogen and oxygen atoms in total. The molecule has 0 amide bonds. The van der Waals surface area contributed by atoms with Gasteiger partial charge in [0.05, 0.1) is 4.92 Å². The van der Waals surface area contributed by atoms with Gasteiger partial charge in [-0.25, -0.2) is 0 Å². The molecule has 0 fully saturated rings. The van der Waals surface area contributed by atoms with Gasteiger partial charge in [0, 0.05) is 6.07 Å². The number of phenolic OH excluding ortho intramolecular Hbond substituents is 2. The molecule has 0 saturated heterocycles. The molecular formula is C28H22N6O5. The Hall–Kier alpha value is -5.58. The van der Waals surface area contributed by atoms with Gasteiger partial charge in [-0.3, -0.25) is 10.1 Å². The Morgan fingerprint density at radius 1 is 0.641 bits per heavy atom. The van der Waals surface area contributed by atoms with Crippen LogP contribution in [0.5, 0.6) is 11.5 Å². The van der Waals surface area contributed by atoms with E-state index < -0.39 is 4.92 Å². The predicted molar refractivity (Wildman–Crippen MR) is 148 cm³/mol. The summed E-state index contributed by atoms with van der Waals surface area (Å²) in [4.78, 5) is 21.7. The van der Waals surface area contributed by atoms with E-state index in [-0.39, 0.29) is 45.6 Å². The van der Waals surface area contributed by atoms with Gasteiger partial charge in [0.1, 0.15) is 34.2 Å². The first-order valence-electron chi connectivity index (χ1n) is 11.6. The van der Waals surface area contributed by atoms with Crippen LogP contribution in [-0.2, 0) is 0 Å². The second-order valence-electron chi connectivity index (χ2n) is 8.38. The van der Waals surface area contributed by atoms with E-state index in [1.54, 1.807) is 48.5 Å². The number of nitro groups is 1. The van der Waals surface area contributed by atoms with Crippen molar-refractivity contribution in [3.63, 3.8) is 0 Å². The molecule has 0 aromatic heterocycles. The molecule has 0 aliphatic rings. The second kappa shape index (κ2) is 11.6. The maximum absolute atomic E-state index is 11.2. The highest BCUT2D eigenvalue weighted by Crippen LogP contribution is 2.38. The number of allylic oxidation sites excluding steroid dienone is 2. The summed E-state index contributed by atoms with van der Waals surface area (Å²) in [5, 5.41) is 51.0. The Labute approximate surface area is 222 Å². The molecule has 11 heteroatoms. The highest BCUT2D eigenvalue weighted by atomic mass is 16.6. The largest absolute Gasteiger partial charge is 0.506 e. The van der Waals surface area contributed by atoms with Crippen molar-refractivity contribution < 1.29 is 15.1 Å². The van der Waals surface area contributed by atoms with Gasteiger partial charge in [0.2, 0.25) is 0 Å². The van der Waals surface area contributed by atoms with E-state index in [9.17, 15) is 25.2 Å². The number of nitroso groups, excluding NO2 is 1. The summed E-state index contributed by atoms with van der Waals surface area (Å²) in [6.45, 7) is 3.76. The van der Waals surface area contributed by atoms with Crippen molar-refractivity contribution >= 4 is 45.3 Å². The number of rotatable bonds is 8. The molecule has 39 heavy (non-hydrogen) atoms. The third-order valence-corrected chi connectivity index (χ3v) is 5.97. The van der Waals surface area contributed by atoms with Gasteiger partial charge in [0.25, 0.3) is 5.69 Å². The minimum Gasteiger partial charge on any atom is -0.506 e. The molecule has 0 unspecified atom stereocenters. The van der Waals surface area contributed by atoms with Gasteiger partial charge in [-0.1, -0.05) is 36.4 Å². The molecule has 4 rings (SSSR count). The van der Waals surface area contributed by atoms with Crippen molar-refractivity contribution in [2.75, 3.05) is 0 Å². The number of benzene rings is 4. The maximum Gasteiger partial charge on any atom is 0.296 e. The Morgan fingerprint density at radius 3 is 1.59 bits per heavy atom. The Morgan fingerprint density at radius 2 is 1.08 bits per heavy atom. The molecule has 0 atom stereocenters. The van der Waals surface area contributed by atoms with E-state index in [4.69, 9.17) is 0 Å². The van der Waals surface area contributed by atoms with Gasteiger partial charge >= 0.3 is 0 Å². The summed E-state index contributed by atoms with van der Waals surface area (Å²) in [6, 6.07) is 22.1. The predicted octanol–water partition coefficient (Wildman–Crippen LogP) is 9.19. The average molecular weight is 523 g/mol. The normalized spacial score (nSPS) is 12.1. The van der Waals surface area contributed by atoms with Crippen LogP contribution < -0.4 is 0 Å². The molecular weight excluding hydrogens is 500 g/mol. The van der Waals surface area contributed by atoms with Crippen molar-refractivity contribution in [2.24, 2.45) is 25.6 Å². The minimum absolute atomic E-state index is 0.0630. The lowest BCUT2D eigenvalue weighted by atomic mass is 9.96. The van der Waals surface area contributed by atoms with E-state index in [1.165, 1.54) is 36.4 Å². The molecule has 0 spiro atoms. The van der Waals surface area contributed by atoms with Crippen molar-refractivity contribution in [1.29, 1.82) is 0 Å². The van der Waals surface area contributed by atoms with Crippen molar-refractivity contribution in [3.8, 4) is 11.5 Å². The zero-order valence-electron chi connectivity index (χ0n) is 20.9. The molecule has 0 aliphatic heterocycles. The van der Waals surface area contributed by atoms with Crippen LogP contribution in [0, 0.1) is 15.0 Å². The quantitative estimate of drug-likeness (QED) is 0.0773. The molecule has 4 aromatic rings. The van der Waals surface area contributed by atoms with Crippen LogP contribution in [-0.4, -0.2) is 15.1 Å².